The Balaban J connectivity index is 3.08. The predicted molar refractivity (Wildman–Crippen MR) is 47.1 cm³/mol. The van der Waals surface area contributed by atoms with Gasteiger partial charge in [0.1, 0.15) is 12.0 Å². The molecule has 76 valence electrons. The number of phenols is 1. The van der Waals surface area contributed by atoms with Gasteiger partial charge in [0.2, 0.25) is 0 Å². The zero-order chi connectivity index (χ0) is 10.7. The number of aldehydes is 1. The summed E-state index contributed by atoms with van der Waals surface area (Å²) in [5, 5.41) is 9.29. The molecule has 0 aromatic heterocycles. The number of carbonyl (C=O) groups excluding carboxylic acids is 1. The molecular weight excluding hydrogens is 190 g/mol. The molecule has 4 heteroatoms. The number of benzene rings is 1. The molecule has 0 bridgehead atoms. The number of hydrogen-bond donors (Lipinski definition) is 1. The highest BCUT2D eigenvalue weighted by atomic mass is 19.2. The summed E-state index contributed by atoms with van der Waals surface area (Å²) in [5.74, 6) is -2.75. The van der Waals surface area contributed by atoms with Crippen LogP contribution in [0.25, 0.3) is 0 Å². The summed E-state index contributed by atoms with van der Waals surface area (Å²) in [4.78, 5) is 10.2. The molecular formula is C10H10F2O2. The van der Waals surface area contributed by atoms with E-state index in [0.717, 1.165) is 6.07 Å². The van der Waals surface area contributed by atoms with Crippen LogP contribution in [0.15, 0.2) is 12.1 Å². The Hall–Kier alpha value is -1.45. The van der Waals surface area contributed by atoms with Crippen LogP contribution in [-0.4, -0.2) is 11.4 Å². The fourth-order valence-corrected chi connectivity index (χ4v) is 1.22. The Morgan fingerprint density at radius 3 is 2.57 bits per heavy atom. The van der Waals surface area contributed by atoms with E-state index in [0.29, 0.717) is 12.4 Å². The summed E-state index contributed by atoms with van der Waals surface area (Å²) in [5.41, 5.74) is 0.246. The number of aromatic hydroxyl groups is 1. The summed E-state index contributed by atoms with van der Waals surface area (Å²) in [6.07, 6.45) is 0.837. The van der Waals surface area contributed by atoms with Crippen molar-refractivity contribution < 1.29 is 18.7 Å². The van der Waals surface area contributed by atoms with Crippen LogP contribution in [0.5, 0.6) is 5.75 Å². The van der Waals surface area contributed by atoms with Crippen LogP contribution in [-0.2, 0) is 4.79 Å². The normalized spacial score (nSPS) is 12.5. The van der Waals surface area contributed by atoms with Gasteiger partial charge in [0.25, 0.3) is 0 Å². The van der Waals surface area contributed by atoms with Gasteiger partial charge in [-0.15, -0.1) is 0 Å². The Morgan fingerprint density at radius 2 is 2.00 bits per heavy atom. The SMILES string of the molecule is CC(CC=O)c1cc(F)c(F)cc1O. The minimum Gasteiger partial charge on any atom is -0.508 e. The van der Waals surface area contributed by atoms with Crippen LogP contribution >= 0.6 is 0 Å². The molecule has 0 saturated carbocycles. The van der Waals surface area contributed by atoms with E-state index in [1.807, 2.05) is 0 Å². The van der Waals surface area contributed by atoms with Gasteiger partial charge in [0.05, 0.1) is 0 Å². The van der Waals surface area contributed by atoms with Gasteiger partial charge in [-0.3, -0.25) is 0 Å². The number of phenolic OH excluding ortho intramolecular Hbond substituents is 1. The van der Waals surface area contributed by atoms with Gasteiger partial charge < -0.3 is 9.90 Å². The summed E-state index contributed by atoms with van der Waals surface area (Å²) in [6.45, 7) is 1.65. The first-order chi connectivity index (χ1) is 6.56. The molecule has 1 rings (SSSR count). The molecule has 0 aliphatic heterocycles. The zero-order valence-corrected chi connectivity index (χ0v) is 7.63. The van der Waals surface area contributed by atoms with Crippen molar-refractivity contribution in [3.05, 3.63) is 29.3 Å². The van der Waals surface area contributed by atoms with Gasteiger partial charge in [0, 0.05) is 18.1 Å². The first-order valence-electron chi connectivity index (χ1n) is 4.17. The molecule has 0 aliphatic carbocycles. The third-order valence-corrected chi connectivity index (χ3v) is 2.05. The third-order valence-electron chi connectivity index (χ3n) is 2.05. The number of carbonyl (C=O) groups is 1. The molecule has 0 amide bonds. The first kappa shape index (κ1) is 10.6. The average molecular weight is 200 g/mol. The molecule has 0 heterocycles. The van der Waals surface area contributed by atoms with E-state index in [-0.39, 0.29) is 23.7 Å². The minimum absolute atomic E-state index is 0.165. The average Bonchev–Trinajstić information content (AvgIpc) is 2.11. The molecule has 1 aromatic carbocycles. The van der Waals surface area contributed by atoms with Crippen molar-refractivity contribution >= 4 is 6.29 Å². The maximum atomic E-state index is 12.8. The number of halogens is 2. The maximum absolute atomic E-state index is 12.8. The van der Waals surface area contributed by atoms with Gasteiger partial charge in [-0.1, -0.05) is 6.92 Å². The first-order valence-corrected chi connectivity index (χ1v) is 4.17. The Bertz CT molecular complexity index is 350. The van der Waals surface area contributed by atoms with Crippen molar-refractivity contribution in [2.24, 2.45) is 0 Å². The molecule has 0 spiro atoms. The van der Waals surface area contributed by atoms with E-state index >= 15 is 0 Å². The lowest BCUT2D eigenvalue weighted by Crippen LogP contribution is -1.97. The quantitative estimate of drug-likeness (QED) is 0.760. The zero-order valence-electron chi connectivity index (χ0n) is 7.63. The molecule has 0 saturated heterocycles. The molecule has 1 atom stereocenters. The molecule has 2 nitrogen and oxygen atoms in total. The second-order valence-corrected chi connectivity index (χ2v) is 3.13. The number of hydrogen-bond acceptors (Lipinski definition) is 2. The van der Waals surface area contributed by atoms with Crippen LogP contribution < -0.4 is 0 Å². The highest BCUT2D eigenvalue weighted by Crippen LogP contribution is 2.29. The van der Waals surface area contributed by atoms with Gasteiger partial charge in [0.15, 0.2) is 11.6 Å². The molecule has 0 aliphatic rings. The van der Waals surface area contributed by atoms with Crippen LogP contribution in [0.2, 0.25) is 0 Å². The second-order valence-electron chi connectivity index (χ2n) is 3.13. The van der Waals surface area contributed by atoms with E-state index in [4.69, 9.17) is 0 Å². The minimum atomic E-state index is -1.09. The molecule has 0 radical (unpaired) electrons. The van der Waals surface area contributed by atoms with E-state index < -0.39 is 11.6 Å². The maximum Gasteiger partial charge on any atom is 0.162 e. The highest BCUT2D eigenvalue weighted by molar-refractivity contribution is 5.52. The van der Waals surface area contributed by atoms with Gasteiger partial charge in [-0.25, -0.2) is 8.78 Å². The van der Waals surface area contributed by atoms with Crippen molar-refractivity contribution in [1.29, 1.82) is 0 Å². The summed E-state index contributed by atoms with van der Waals surface area (Å²) in [6, 6.07) is 1.63. The standard InChI is InChI=1S/C10H10F2O2/c1-6(2-3-13)7-4-8(11)9(12)5-10(7)14/h3-6,14H,2H2,1H3. The van der Waals surface area contributed by atoms with E-state index in [9.17, 15) is 18.7 Å². The van der Waals surface area contributed by atoms with Crippen LogP contribution in [0.3, 0.4) is 0 Å². The van der Waals surface area contributed by atoms with Gasteiger partial charge >= 0.3 is 0 Å². The van der Waals surface area contributed by atoms with Crippen molar-refractivity contribution in [3.63, 3.8) is 0 Å². The Kier molecular flexibility index (Phi) is 3.17. The van der Waals surface area contributed by atoms with Crippen molar-refractivity contribution in [2.75, 3.05) is 0 Å². The molecule has 1 aromatic rings. The van der Waals surface area contributed by atoms with E-state index in [1.54, 1.807) is 6.92 Å². The largest absolute Gasteiger partial charge is 0.508 e. The molecule has 1 unspecified atom stereocenters. The van der Waals surface area contributed by atoms with E-state index in [2.05, 4.69) is 0 Å². The van der Waals surface area contributed by atoms with Crippen LogP contribution in [0, 0.1) is 11.6 Å². The molecule has 0 fully saturated rings. The topological polar surface area (TPSA) is 37.3 Å². The van der Waals surface area contributed by atoms with Crippen molar-refractivity contribution in [2.45, 2.75) is 19.3 Å². The number of rotatable bonds is 3. The Labute approximate surface area is 80.2 Å². The lowest BCUT2D eigenvalue weighted by atomic mass is 9.97. The van der Waals surface area contributed by atoms with Crippen molar-refractivity contribution in [1.82, 2.24) is 0 Å². The van der Waals surface area contributed by atoms with E-state index in [1.165, 1.54) is 0 Å². The summed E-state index contributed by atoms with van der Waals surface area (Å²) in [7, 11) is 0. The fraction of sp³-hybridized carbons (Fsp3) is 0.300. The lowest BCUT2D eigenvalue weighted by molar-refractivity contribution is -0.108. The molecule has 1 N–H and O–H groups in total. The van der Waals surface area contributed by atoms with Crippen LogP contribution in [0.4, 0.5) is 8.78 Å². The Morgan fingerprint density at radius 1 is 1.43 bits per heavy atom. The summed E-state index contributed by atoms with van der Waals surface area (Å²) >= 11 is 0. The van der Waals surface area contributed by atoms with Gasteiger partial charge in [-0.2, -0.15) is 0 Å². The van der Waals surface area contributed by atoms with Gasteiger partial charge in [-0.05, 0) is 12.0 Å². The fourth-order valence-electron chi connectivity index (χ4n) is 1.22. The molecule has 14 heavy (non-hydrogen) atoms. The highest BCUT2D eigenvalue weighted by Gasteiger charge is 2.14. The predicted octanol–water partition coefficient (Wildman–Crippen LogP) is 2.36. The second kappa shape index (κ2) is 4.17. The third kappa shape index (κ3) is 2.07. The summed E-state index contributed by atoms with van der Waals surface area (Å²) < 4.78 is 25.4. The smallest absolute Gasteiger partial charge is 0.162 e. The lowest BCUT2D eigenvalue weighted by Gasteiger charge is -2.10. The van der Waals surface area contributed by atoms with Crippen LogP contribution in [0.1, 0.15) is 24.8 Å². The van der Waals surface area contributed by atoms with Crippen molar-refractivity contribution in [3.8, 4) is 5.75 Å². The monoisotopic (exact) mass is 200 g/mol.